The Kier molecular flexibility index (Phi) is 7.26. The van der Waals surface area contributed by atoms with Crippen molar-refractivity contribution in [1.29, 1.82) is 0 Å². The van der Waals surface area contributed by atoms with E-state index in [-0.39, 0.29) is 12.5 Å². The van der Waals surface area contributed by atoms with E-state index in [1.165, 1.54) is 4.31 Å². The summed E-state index contributed by atoms with van der Waals surface area (Å²) in [6.07, 6.45) is 0. The third kappa shape index (κ3) is 5.58. The van der Waals surface area contributed by atoms with E-state index in [0.717, 1.165) is 15.5 Å². The van der Waals surface area contributed by atoms with E-state index in [1.54, 1.807) is 42.1 Å². The lowest BCUT2D eigenvalue weighted by molar-refractivity contribution is -0.117. The van der Waals surface area contributed by atoms with Crippen LogP contribution in [0.2, 0.25) is 0 Å². The molecule has 1 N–H and O–H groups in total. The second kappa shape index (κ2) is 10.3. The molecule has 0 spiro atoms. The molecule has 1 saturated heterocycles. The molecule has 1 amide bonds. The van der Waals surface area contributed by atoms with Crippen molar-refractivity contribution in [2.75, 3.05) is 38.0 Å². The van der Waals surface area contributed by atoms with Crippen molar-refractivity contribution in [3.8, 4) is 0 Å². The van der Waals surface area contributed by atoms with Crippen LogP contribution in [-0.4, -0.2) is 56.3 Å². The van der Waals surface area contributed by atoms with Crippen molar-refractivity contribution in [2.45, 2.75) is 14.7 Å². The smallest absolute Gasteiger partial charge is 0.243 e. The number of rotatable bonds is 7. The van der Waals surface area contributed by atoms with Crippen LogP contribution in [0, 0.1) is 0 Å². The van der Waals surface area contributed by atoms with Gasteiger partial charge in [-0.3, -0.25) is 9.69 Å². The molecule has 8 heteroatoms. The van der Waals surface area contributed by atoms with E-state index in [4.69, 9.17) is 0 Å². The maximum Gasteiger partial charge on any atom is 0.243 e. The molecule has 3 aromatic carbocycles. The number of sulfonamides is 1. The van der Waals surface area contributed by atoms with Crippen molar-refractivity contribution >= 4 is 33.4 Å². The highest BCUT2D eigenvalue weighted by Gasteiger charge is 2.28. The first-order chi connectivity index (χ1) is 15.5. The molecule has 0 unspecified atom stereocenters. The van der Waals surface area contributed by atoms with E-state index >= 15 is 0 Å². The van der Waals surface area contributed by atoms with Gasteiger partial charge in [-0.05, 0) is 36.4 Å². The molecule has 1 aliphatic rings. The maximum absolute atomic E-state index is 12.8. The number of para-hydroxylation sites is 1. The second-order valence-electron chi connectivity index (χ2n) is 7.45. The van der Waals surface area contributed by atoms with E-state index < -0.39 is 10.0 Å². The summed E-state index contributed by atoms with van der Waals surface area (Å²) in [4.78, 5) is 17.1. The fourth-order valence-electron chi connectivity index (χ4n) is 3.54. The second-order valence-corrected chi connectivity index (χ2v) is 10.5. The van der Waals surface area contributed by atoms with Crippen molar-refractivity contribution in [3.05, 3.63) is 84.9 Å². The quantitative estimate of drug-likeness (QED) is 0.573. The molecule has 0 aromatic heterocycles. The molecular weight excluding hydrogens is 442 g/mol. The SMILES string of the molecule is O=C(CN1CCN(S(=O)(=O)c2ccccc2)CC1)Nc1ccccc1Sc1ccccc1. The summed E-state index contributed by atoms with van der Waals surface area (Å²) in [5.41, 5.74) is 0.775. The number of nitrogens with one attached hydrogen (secondary N) is 1. The number of benzene rings is 3. The normalized spacial score (nSPS) is 15.4. The van der Waals surface area contributed by atoms with Gasteiger partial charge in [-0.15, -0.1) is 0 Å². The molecule has 32 heavy (non-hydrogen) atoms. The highest BCUT2D eigenvalue weighted by molar-refractivity contribution is 7.99. The average Bonchev–Trinajstić information content (AvgIpc) is 2.82. The molecule has 4 rings (SSSR count). The lowest BCUT2D eigenvalue weighted by atomic mass is 10.3. The van der Waals surface area contributed by atoms with Crippen molar-refractivity contribution in [1.82, 2.24) is 9.21 Å². The van der Waals surface area contributed by atoms with Crippen molar-refractivity contribution in [2.24, 2.45) is 0 Å². The van der Waals surface area contributed by atoms with E-state index in [0.29, 0.717) is 31.1 Å². The molecule has 0 saturated carbocycles. The summed E-state index contributed by atoms with van der Waals surface area (Å²) >= 11 is 1.60. The maximum atomic E-state index is 12.8. The number of amides is 1. The monoisotopic (exact) mass is 467 g/mol. The third-order valence-corrected chi connectivity index (χ3v) is 8.21. The number of carbonyl (C=O) groups excluding carboxylic acids is 1. The highest BCUT2D eigenvalue weighted by Crippen LogP contribution is 2.33. The van der Waals surface area contributed by atoms with E-state index in [1.807, 2.05) is 59.5 Å². The van der Waals surface area contributed by atoms with E-state index in [9.17, 15) is 13.2 Å². The largest absolute Gasteiger partial charge is 0.324 e. The van der Waals surface area contributed by atoms with Gasteiger partial charge in [0.05, 0.1) is 17.1 Å². The number of carbonyl (C=O) groups is 1. The minimum Gasteiger partial charge on any atom is -0.324 e. The Morgan fingerprint density at radius 3 is 2.09 bits per heavy atom. The molecule has 0 bridgehead atoms. The van der Waals surface area contributed by atoms with Crippen LogP contribution < -0.4 is 5.32 Å². The Balaban J connectivity index is 1.33. The minimum atomic E-state index is -3.49. The van der Waals surface area contributed by atoms with Crippen LogP contribution in [0.25, 0.3) is 0 Å². The van der Waals surface area contributed by atoms with Crippen LogP contribution >= 0.6 is 11.8 Å². The lowest BCUT2D eigenvalue weighted by Crippen LogP contribution is -2.50. The van der Waals surface area contributed by atoms with Crippen LogP contribution in [0.15, 0.2) is 99.6 Å². The summed E-state index contributed by atoms with van der Waals surface area (Å²) < 4.78 is 27.0. The first kappa shape index (κ1) is 22.5. The van der Waals surface area contributed by atoms with Crippen LogP contribution in [0.5, 0.6) is 0 Å². The molecule has 1 aliphatic heterocycles. The minimum absolute atomic E-state index is 0.106. The molecule has 3 aromatic rings. The number of nitrogens with zero attached hydrogens (tertiary/aromatic N) is 2. The van der Waals surface area contributed by atoms with Gasteiger partial charge in [-0.25, -0.2) is 8.42 Å². The van der Waals surface area contributed by atoms with Crippen molar-refractivity contribution in [3.63, 3.8) is 0 Å². The highest BCUT2D eigenvalue weighted by atomic mass is 32.2. The Morgan fingerprint density at radius 2 is 1.41 bits per heavy atom. The summed E-state index contributed by atoms with van der Waals surface area (Å²) in [7, 11) is -3.49. The fourth-order valence-corrected chi connectivity index (χ4v) is 5.90. The summed E-state index contributed by atoms with van der Waals surface area (Å²) in [5.74, 6) is -0.106. The zero-order valence-corrected chi connectivity index (χ0v) is 19.2. The van der Waals surface area contributed by atoms with E-state index in [2.05, 4.69) is 5.32 Å². The Bertz CT molecular complexity index is 1150. The van der Waals surface area contributed by atoms with Crippen LogP contribution in [0.4, 0.5) is 5.69 Å². The van der Waals surface area contributed by atoms with Gasteiger partial charge in [0, 0.05) is 36.0 Å². The van der Waals surface area contributed by atoms with Crippen molar-refractivity contribution < 1.29 is 13.2 Å². The number of hydrogen-bond acceptors (Lipinski definition) is 5. The molecule has 0 radical (unpaired) electrons. The summed E-state index contributed by atoms with van der Waals surface area (Å²) in [6, 6.07) is 26.2. The third-order valence-electron chi connectivity index (χ3n) is 5.21. The van der Waals surface area contributed by atoms with Gasteiger partial charge in [0.15, 0.2) is 0 Å². The molecule has 1 heterocycles. The Hall–Kier alpha value is -2.65. The predicted octanol–water partition coefficient (Wildman–Crippen LogP) is 3.78. The van der Waals surface area contributed by atoms with Gasteiger partial charge in [0.25, 0.3) is 0 Å². The summed E-state index contributed by atoms with van der Waals surface area (Å²) in [5, 5.41) is 3.01. The standard InChI is InChI=1S/C24H25N3O3S2/c28-24(25-22-13-7-8-14-23(22)31-20-9-3-1-4-10-20)19-26-15-17-27(18-16-26)32(29,30)21-11-5-2-6-12-21/h1-14H,15-19H2,(H,25,28). The van der Waals surface area contributed by atoms with Gasteiger partial charge < -0.3 is 5.32 Å². The van der Waals surface area contributed by atoms with Gasteiger partial charge in [-0.2, -0.15) is 4.31 Å². The van der Waals surface area contributed by atoms with Gasteiger partial charge >= 0.3 is 0 Å². The Labute approximate surface area is 193 Å². The molecule has 1 fully saturated rings. The van der Waals surface area contributed by atoms with Gasteiger partial charge in [-0.1, -0.05) is 60.3 Å². The molecule has 166 valence electrons. The first-order valence-electron chi connectivity index (χ1n) is 10.4. The van der Waals surface area contributed by atoms with Gasteiger partial charge in [0.2, 0.25) is 15.9 Å². The van der Waals surface area contributed by atoms with Crippen LogP contribution in [0.1, 0.15) is 0 Å². The number of anilines is 1. The first-order valence-corrected chi connectivity index (χ1v) is 12.7. The zero-order valence-electron chi connectivity index (χ0n) is 17.6. The van der Waals surface area contributed by atoms with Crippen LogP contribution in [0.3, 0.4) is 0 Å². The van der Waals surface area contributed by atoms with Crippen LogP contribution in [-0.2, 0) is 14.8 Å². The predicted molar refractivity (Wildman–Crippen MR) is 127 cm³/mol. The number of hydrogen-bond donors (Lipinski definition) is 1. The van der Waals surface area contributed by atoms with Gasteiger partial charge in [0.1, 0.15) is 0 Å². The topological polar surface area (TPSA) is 69.7 Å². The lowest BCUT2D eigenvalue weighted by Gasteiger charge is -2.33. The molecule has 6 nitrogen and oxygen atoms in total. The fraction of sp³-hybridized carbons (Fsp3) is 0.208. The Morgan fingerprint density at radius 1 is 0.812 bits per heavy atom. The zero-order chi connectivity index (χ0) is 22.4. The summed E-state index contributed by atoms with van der Waals surface area (Å²) in [6.45, 7) is 1.99. The molecular formula is C24H25N3O3S2. The molecule has 0 aliphatic carbocycles. The molecule has 0 atom stereocenters. The average molecular weight is 468 g/mol. The number of piperazine rings is 1.